The lowest BCUT2D eigenvalue weighted by atomic mass is 9.66. The second-order valence-corrected chi connectivity index (χ2v) is 24.2. The molecule has 2 unspecified atom stereocenters. The summed E-state index contributed by atoms with van der Waals surface area (Å²) in [6.45, 7) is 7.12. The number of carbonyl (C=O) groups is 8. The summed E-state index contributed by atoms with van der Waals surface area (Å²) < 4.78 is 4.57. The predicted octanol–water partition coefficient (Wildman–Crippen LogP) is 13.8. The highest BCUT2D eigenvalue weighted by Gasteiger charge is 2.53. The summed E-state index contributed by atoms with van der Waals surface area (Å²) in [7, 11) is 0. The molecule has 4 aliphatic heterocycles. The van der Waals surface area contributed by atoms with Gasteiger partial charge in [0.1, 0.15) is 0 Å². The summed E-state index contributed by atoms with van der Waals surface area (Å²) in [5, 5.41) is 4.30. The molecule has 1 saturated heterocycles. The fraction of sp³-hybridized carbons (Fsp3) is 0.105. The minimum Gasteiger partial charge on any atom is -0.309 e. The van der Waals surface area contributed by atoms with Crippen LogP contribution in [0.15, 0.2) is 229 Å². The quantitative estimate of drug-likeness (QED) is 0.136. The SMILES string of the molecule is CC(C)N1C(=O)c2ccc3c4c(ccc(c24)C1=O)C(=O)N(c1ccc(-c2c4c5ccccc5n(-c5ccccc5)c4c(-c4ccc(N5C(=O)C6=CC=C7C(=O)N(C(C)C)C(=O)C8C=CC(=C6C78)C5=O)cc4)c4c5ccccc5n(-c5ccccc5)c24)cc1)C3=O. The maximum atomic E-state index is 14.9. The number of benzene rings is 9. The third-order valence-corrected chi connectivity index (χ3v) is 18.9. The Morgan fingerprint density at radius 3 is 1.28 bits per heavy atom. The van der Waals surface area contributed by atoms with Crippen molar-refractivity contribution in [3.05, 3.63) is 251 Å². The lowest BCUT2D eigenvalue weighted by Crippen LogP contribution is -2.56. The van der Waals surface area contributed by atoms with Crippen molar-refractivity contribution in [1.82, 2.24) is 18.9 Å². The number of imide groups is 4. The number of anilines is 2. The smallest absolute Gasteiger partial charge is 0.265 e. The van der Waals surface area contributed by atoms with Gasteiger partial charge in [-0.1, -0.05) is 115 Å². The Morgan fingerprint density at radius 2 is 0.811 bits per heavy atom. The van der Waals surface area contributed by atoms with Gasteiger partial charge in [0.15, 0.2) is 0 Å². The number of hydrogen-bond donors (Lipinski definition) is 0. The second kappa shape index (κ2) is 18.9. The molecule has 2 atom stereocenters. The van der Waals surface area contributed by atoms with E-state index in [4.69, 9.17) is 0 Å². The van der Waals surface area contributed by atoms with Crippen LogP contribution >= 0.6 is 0 Å². The first-order chi connectivity index (χ1) is 43.7. The first-order valence-electron chi connectivity index (χ1n) is 30.0. The number of fused-ring (bicyclic) bond motifs is 6. The van der Waals surface area contributed by atoms with Crippen molar-refractivity contribution in [1.29, 1.82) is 0 Å². The zero-order valence-electron chi connectivity index (χ0n) is 48.9. The van der Waals surface area contributed by atoms with E-state index in [1.165, 1.54) is 19.6 Å². The highest BCUT2D eigenvalue weighted by molar-refractivity contribution is 6.40. The predicted molar refractivity (Wildman–Crippen MR) is 346 cm³/mol. The average Bonchev–Trinajstić information content (AvgIpc) is 1.41. The minimum absolute atomic E-state index is 0.207. The van der Waals surface area contributed by atoms with Gasteiger partial charge in [-0.25, -0.2) is 9.80 Å². The van der Waals surface area contributed by atoms with Crippen molar-refractivity contribution in [3.63, 3.8) is 0 Å². The molecule has 6 heterocycles. The topological polar surface area (TPSA) is 159 Å². The first kappa shape index (κ1) is 52.7. The van der Waals surface area contributed by atoms with Gasteiger partial charge in [0.05, 0.1) is 39.4 Å². The summed E-state index contributed by atoms with van der Waals surface area (Å²) in [5.41, 5.74) is 11.6. The number of rotatable bonds is 8. The zero-order chi connectivity index (χ0) is 61.4. The molecule has 0 spiro atoms. The number of piperidine rings is 1. The fourth-order valence-electron chi connectivity index (χ4n) is 15.1. The number of aromatic nitrogens is 2. The molecule has 17 rings (SSSR count). The number of nitrogens with zero attached hydrogens (tertiary/aromatic N) is 6. The number of amides is 8. The van der Waals surface area contributed by atoms with Crippen molar-refractivity contribution in [2.75, 3.05) is 9.80 Å². The molecule has 6 aliphatic rings. The van der Waals surface area contributed by atoms with E-state index >= 15 is 0 Å². The van der Waals surface area contributed by atoms with Crippen LogP contribution in [0.3, 0.4) is 0 Å². The van der Waals surface area contributed by atoms with Gasteiger partial charge >= 0.3 is 0 Å². The molecule has 0 saturated carbocycles. The average molecular weight is 1180 g/mol. The van der Waals surface area contributed by atoms with Crippen LogP contribution in [0.25, 0.3) is 88.0 Å². The van der Waals surface area contributed by atoms with Gasteiger partial charge in [-0.05, 0) is 135 Å². The largest absolute Gasteiger partial charge is 0.309 e. The van der Waals surface area contributed by atoms with Crippen LogP contribution in [-0.4, -0.2) is 78.3 Å². The van der Waals surface area contributed by atoms with Gasteiger partial charge in [-0.2, -0.15) is 0 Å². The third kappa shape index (κ3) is 6.92. The van der Waals surface area contributed by atoms with E-state index in [1.54, 1.807) is 101 Å². The van der Waals surface area contributed by atoms with Crippen molar-refractivity contribution in [2.24, 2.45) is 11.8 Å². The summed E-state index contributed by atoms with van der Waals surface area (Å²) in [6.07, 6.45) is 6.58. The summed E-state index contributed by atoms with van der Waals surface area (Å²) in [6, 6.07) is 57.4. The van der Waals surface area contributed by atoms with Crippen LogP contribution < -0.4 is 9.80 Å². The molecule has 90 heavy (non-hydrogen) atoms. The van der Waals surface area contributed by atoms with Gasteiger partial charge in [-0.3, -0.25) is 48.2 Å². The number of para-hydroxylation sites is 4. The molecule has 432 valence electrons. The van der Waals surface area contributed by atoms with E-state index in [9.17, 15) is 38.4 Å². The van der Waals surface area contributed by atoms with E-state index < -0.39 is 59.2 Å². The van der Waals surface area contributed by atoms with Crippen molar-refractivity contribution < 1.29 is 38.4 Å². The van der Waals surface area contributed by atoms with Crippen LogP contribution in [-0.2, 0) is 19.2 Å². The lowest BCUT2D eigenvalue weighted by molar-refractivity contribution is -0.150. The van der Waals surface area contributed by atoms with E-state index in [2.05, 4.69) is 57.7 Å². The van der Waals surface area contributed by atoms with E-state index in [1.807, 2.05) is 84.9 Å². The molecule has 2 aliphatic carbocycles. The molecule has 1 fully saturated rings. The second-order valence-electron chi connectivity index (χ2n) is 24.2. The molecule has 0 N–H and O–H groups in total. The van der Waals surface area contributed by atoms with Crippen molar-refractivity contribution in [2.45, 2.75) is 39.8 Å². The Labute approximate surface area is 513 Å². The Bertz CT molecular complexity index is 5290. The number of likely N-dealkylation sites (tertiary alicyclic amines) is 1. The monoisotopic (exact) mass is 1170 g/mol. The molecular formula is C76H50N6O8. The molecule has 11 aromatic rings. The van der Waals surface area contributed by atoms with E-state index in [-0.39, 0.29) is 45.3 Å². The van der Waals surface area contributed by atoms with Gasteiger partial charge in [0.25, 0.3) is 41.4 Å². The molecule has 0 bridgehead atoms. The lowest BCUT2D eigenvalue weighted by Gasteiger charge is -2.45. The number of allylic oxidation sites excluding steroid dienone is 2. The molecule has 14 nitrogen and oxygen atoms in total. The maximum Gasteiger partial charge on any atom is 0.265 e. The van der Waals surface area contributed by atoms with Crippen molar-refractivity contribution in [3.8, 4) is 33.6 Å². The van der Waals surface area contributed by atoms with E-state index in [0.717, 1.165) is 77.2 Å². The highest BCUT2D eigenvalue weighted by Crippen LogP contribution is 2.54. The Hall–Kier alpha value is -11.6. The molecular weight excluding hydrogens is 1120 g/mol. The molecule has 9 aromatic carbocycles. The molecule has 8 amide bonds. The fourth-order valence-corrected chi connectivity index (χ4v) is 15.1. The molecule has 0 radical (unpaired) electrons. The van der Waals surface area contributed by atoms with Crippen LogP contribution in [0.2, 0.25) is 0 Å². The summed E-state index contributed by atoms with van der Waals surface area (Å²) in [5.74, 6) is -5.49. The Morgan fingerprint density at radius 1 is 0.378 bits per heavy atom. The number of carbonyl (C=O) groups excluding carboxylic acids is 8. The zero-order valence-corrected chi connectivity index (χ0v) is 48.9. The number of hydrogen-bond acceptors (Lipinski definition) is 8. The van der Waals surface area contributed by atoms with Gasteiger partial charge in [-0.15, -0.1) is 0 Å². The maximum absolute atomic E-state index is 14.9. The van der Waals surface area contributed by atoms with E-state index in [0.29, 0.717) is 33.3 Å². The van der Waals surface area contributed by atoms with Gasteiger partial charge < -0.3 is 9.13 Å². The van der Waals surface area contributed by atoms with Crippen LogP contribution in [0, 0.1) is 11.8 Å². The van der Waals surface area contributed by atoms with Gasteiger partial charge in [0, 0.05) is 112 Å². The minimum atomic E-state index is -0.753. The van der Waals surface area contributed by atoms with Crippen LogP contribution in [0.5, 0.6) is 0 Å². The van der Waals surface area contributed by atoms with Crippen LogP contribution in [0.4, 0.5) is 11.4 Å². The summed E-state index contributed by atoms with van der Waals surface area (Å²) >= 11 is 0. The Balaban J connectivity index is 0.870. The first-order valence-corrected chi connectivity index (χ1v) is 30.0. The Kier molecular flexibility index (Phi) is 11.1. The van der Waals surface area contributed by atoms with Gasteiger partial charge in [0.2, 0.25) is 5.91 Å². The molecule has 2 aromatic heterocycles. The standard InChI is InChI=1S/C76H50N6O8/c1-39(2)77-69(83)49-31-35-53-63-54(36-32-50(61(49)63)70(77)84)74(88)81(73(53)87)45-27-23-41(24-28-45)59-65-47-19-11-13-21-57(47)80(44-17-9-6-10-18-44)68(65)60(66-48-20-12-14-22-58(48)79(67(59)66)43-15-7-5-8-16-43)42-25-29-46(30-26-42)82-75(89)55-37-33-51-62-52(34-38-56(64(55)62)76(82)90)72(86)78(40(3)4)71(51)85/h5-40,49,61H,1-4H3. The summed E-state index contributed by atoms with van der Waals surface area (Å²) in [4.78, 5) is 120. The van der Waals surface area contributed by atoms with Crippen molar-refractivity contribution >= 4 is 113 Å². The van der Waals surface area contributed by atoms with Crippen LogP contribution in [0.1, 0.15) is 69.1 Å². The molecule has 14 heteroatoms. The normalized spacial score (nSPS) is 17.9. The highest BCUT2D eigenvalue weighted by atomic mass is 16.2. The third-order valence-electron chi connectivity index (χ3n) is 18.9.